The van der Waals surface area contributed by atoms with Crippen LogP contribution in [0.5, 0.6) is 0 Å². The average molecular weight is 279 g/mol. The van der Waals surface area contributed by atoms with Gasteiger partial charge in [-0.15, -0.1) is 0 Å². The molecule has 5 heteroatoms. The molecule has 1 N–H and O–H groups in total. The van der Waals surface area contributed by atoms with Crippen LogP contribution in [0.4, 0.5) is 4.39 Å². The molecular weight excluding hydrogens is 257 g/mol. The van der Waals surface area contributed by atoms with Gasteiger partial charge < -0.3 is 15.1 Å². The van der Waals surface area contributed by atoms with Crippen molar-refractivity contribution in [2.24, 2.45) is 0 Å². The summed E-state index contributed by atoms with van der Waals surface area (Å²) in [5.74, 6) is -0.293. The Morgan fingerprint density at radius 3 is 2.65 bits per heavy atom. The maximum absolute atomic E-state index is 13.4. The average Bonchev–Trinajstić information content (AvgIpc) is 2.46. The fourth-order valence-electron chi connectivity index (χ4n) is 2.26. The molecule has 110 valence electrons. The highest BCUT2D eigenvalue weighted by Gasteiger charge is 2.14. The molecule has 0 bridgehead atoms. The van der Waals surface area contributed by atoms with E-state index >= 15 is 0 Å². The number of nitrogens with zero attached hydrogens (tertiary/aromatic N) is 2. The Hall–Kier alpha value is -1.46. The number of rotatable bonds is 5. The van der Waals surface area contributed by atoms with E-state index in [0.717, 1.165) is 32.7 Å². The molecule has 20 heavy (non-hydrogen) atoms. The van der Waals surface area contributed by atoms with E-state index in [-0.39, 0.29) is 18.3 Å². The molecule has 1 heterocycles. The number of nitrogens with one attached hydrogen (secondary N) is 1. The first-order valence-electron chi connectivity index (χ1n) is 7.06. The summed E-state index contributed by atoms with van der Waals surface area (Å²) >= 11 is 0. The number of amides is 1. The van der Waals surface area contributed by atoms with Crippen molar-refractivity contribution < 1.29 is 9.18 Å². The maximum atomic E-state index is 13.4. The van der Waals surface area contributed by atoms with Gasteiger partial charge in [0.1, 0.15) is 5.82 Å². The summed E-state index contributed by atoms with van der Waals surface area (Å²) in [6.45, 7) is 5.16. The van der Waals surface area contributed by atoms with Crippen molar-refractivity contribution in [1.29, 1.82) is 0 Å². The lowest BCUT2D eigenvalue weighted by atomic mass is 10.2. The number of carbonyl (C=O) groups is 1. The number of hydrogen-bond acceptors (Lipinski definition) is 3. The minimum absolute atomic E-state index is 0.0211. The van der Waals surface area contributed by atoms with E-state index in [1.54, 1.807) is 18.2 Å². The first kappa shape index (κ1) is 14.9. The molecule has 1 fully saturated rings. The smallest absolute Gasteiger partial charge is 0.221 e. The summed E-state index contributed by atoms with van der Waals surface area (Å²) in [6.07, 6.45) is 0.470. The number of hydrogen-bond donors (Lipinski definition) is 1. The van der Waals surface area contributed by atoms with E-state index in [4.69, 9.17) is 0 Å². The zero-order valence-electron chi connectivity index (χ0n) is 11.9. The molecule has 1 amide bonds. The number of carbonyl (C=O) groups excluding carboxylic acids is 1. The van der Waals surface area contributed by atoms with E-state index in [1.165, 1.54) is 6.07 Å². The SMILES string of the molecule is CN1CCN(CCC(=O)NCc2ccccc2F)CC1. The Labute approximate surface area is 119 Å². The van der Waals surface area contributed by atoms with Crippen LogP contribution in [0.15, 0.2) is 24.3 Å². The third-order valence-corrected chi connectivity index (χ3v) is 3.68. The molecule has 2 rings (SSSR count). The van der Waals surface area contributed by atoms with Crippen LogP contribution in [0.1, 0.15) is 12.0 Å². The van der Waals surface area contributed by atoms with Crippen LogP contribution in [-0.4, -0.2) is 55.5 Å². The molecule has 1 saturated heterocycles. The zero-order valence-corrected chi connectivity index (χ0v) is 11.9. The predicted octanol–water partition coefficient (Wildman–Crippen LogP) is 1.08. The summed E-state index contributed by atoms with van der Waals surface area (Å²) in [5.41, 5.74) is 0.528. The normalized spacial score (nSPS) is 17.1. The summed E-state index contributed by atoms with van der Waals surface area (Å²) < 4.78 is 13.4. The molecule has 0 radical (unpaired) electrons. The van der Waals surface area contributed by atoms with E-state index < -0.39 is 0 Å². The fraction of sp³-hybridized carbons (Fsp3) is 0.533. The van der Waals surface area contributed by atoms with E-state index in [1.807, 2.05) is 0 Å². The van der Waals surface area contributed by atoms with Gasteiger partial charge in [0.25, 0.3) is 0 Å². The van der Waals surface area contributed by atoms with Gasteiger partial charge in [0.2, 0.25) is 5.91 Å². The van der Waals surface area contributed by atoms with Crippen LogP contribution >= 0.6 is 0 Å². The third-order valence-electron chi connectivity index (χ3n) is 3.68. The van der Waals surface area contributed by atoms with Crippen LogP contribution < -0.4 is 5.32 Å². The van der Waals surface area contributed by atoms with Gasteiger partial charge in [-0.25, -0.2) is 4.39 Å². The van der Waals surface area contributed by atoms with Crippen molar-refractivity contribution in [1.82, 2.24) is 15.1 Å². The first-order chi connectivity index (χ1) is 9.65. The summed E-state index contributed by atoms with van der Waals surface area (Å²) in [7, 11) is 2.11. The Morgan fingerprint density at radius 2 is 1.95 bits per heavy atom. The Morgan fingerprint density at radius 1 is 1.25 bits per heavy atom. The van der Waals surface area contributed by atoms with Crippen molar-refractivity contribution in [2.45, 2.75) is 13.0 Å². The van der Waals surface area contributed by atoms with Gasteiger partial charge in [-0.1, -0.05) is 18.2 Å². The Kier molecular flexibility index (Phi) is 5.49. The van der Waals surface area contributed by atoms with E-state index in [9.17, 15) is 9.18 Å². The highest BCUT2D eigenvalue weighted by molar-refractivity contribution is 5.76. The van der Waals surface area contributed by atoms with Crippen LogP contribution in [0.25, 0.3) is 0 Å². The molecule has 1 aliphatic rings. The van der Waals surface area contributed by atoms with Crippen LogP contribution in [0.3, 0.4) is 0 Å². The van der Waals surface area contributed by atoms with Gasteiger partial charge in [0.05, 0.1) is 0 Å². The lowest BCUT2D eigenvalue weighted by molar-refractivity contribution is -0.121. The number of piperazine rings is 1. The second-order valence-corrected chi connectivity index (χ2v) is 5.26. The van der Waals surface area contributed by atoms with Crippen molar-refractivity contribution in [2.75, 3.05) is 39.8 Å². The van der Waals surface area contributed by atoms with Crippen LogP contribution in [0.2, 0.25) is 0 Å². The molecule has 0 saturated carbocycles. The number of halogens is 1. The van der Waals surface area contributed by atoms with Gasteiger partial charge in [-0.3, -0.25) is 4.79 Å². The Balaban J connectivity index is 1.67. The monoisotopic (exact) mass is 279 g/mol. The van der Waals surface area contributed by atoms with Gasteiger partial charge >= 0.3 is 0 Å². The zero-order chi connectivity index (χ0) is 14.4. The summed E-state index contributed by atoms with van der Waals surface area (Å²) in [6, 6.07) is 6.52. The number of likely N-dealkylation sites (N-methyl/N-ethyl adjacent to an activating group) is 1. The van der Waals surface area contributed by atoms with Crippen LogP contribution in [0, 0.1) is 5.82 Å². The van der Waals surface area contributed by atoms with Gasteiger partial charge in [0, 0.05) is 51.3 Å². The molecule has 0 aromatic heterocycles. The largest absolute Gasteiger partial charge is 0.352 e. The Bertz CT molecular complexity index is 444. The standard InChI is InChI=1S/C15H22FN3O/c1-18-8-10-19(11-9-18)7-6-15(20)17-12-13-4-2-3-5-14(13)16/h2-5H,6-12H2,1H3,(H,17,20). The molecule has 0 spiro atoms. The van der Waals surface area contributed by atoms with Gasteiger partial charge in [-0.05, 0) is 13.1 Å². The van der Waals surface area contributed by atoms with Gasteiger partial charge in [0.15, 0.2) is 0 Å². The third kappa shape index (κ3) is 4.58. The van der Waals surface area contributed by atoms with Gasteiger partial charge in [-0.2, -0.15) is 0 Å². The maximum Gasteiger partial charge on any atom is 0.221 e. The molecule has 1 aliphatic heterocycles. The predicted molar refractivity (Wildman–Crippen MR) is 76.8 cm³/mol. The van der Waals surface area contributed by atoms with E-state index in [0.29, 0.717) is 12.0 Å². The molecule has 1 aromatic rings. The molecular formula is C15H22FN3O. The molecule has 0 atom stereocenters. The molecule has 0 aliphatic carbocycles. The summed E-state index contributed by atoms with van der Waals surface area (Å²) in [4.78, 5) is 16.3. The minimum Gasteiger partial charge on any atom is -0.352 e. The van der Waals surface area contributed by atoms with Crippen molar-refractivity contribution in [3.8, 4) is 0 Å². The first-order valence-corrected chi connectivity index (χ1v) is 7.06. The lowest BCUT2D eigenvalue weighted by Gasteiger charge is -2.32. The lowest BCUT2D eigenvalue weighted by Crippen LogP contribution is -2.45. The second-order valence-electron chi connectivity index (χ2n) is 5.26. The van der Waals surface area contributed by atoms with Crippen LogP contribution in [-0.2, 0) is 11.3 Å². The fourth-order valence-corrected chi connectivity index (χ4v) is 2.26. The minimum atomic E-state index is -0.271. The summed E-state index contributed by atoms with van der Waals surface area (Å²) in [5, 5.41) is 2.77. The van der Waals surface area contributed by atoms with Crippen molar-refractivity contribution >= 4 is 5.91 Å². The number of benzene rings is 1. The van der Waals surface area contributed by atoms with Crippen molar-refractivity contribution in [3.63, 3.8) is 0 Å². The quantitative estimate of drug-likeness (QED) is 0.876. The molecule has 1 aromatic carbocycles. The molecule has 4 nitrogen and oxygen atoms in total. The van der Waals surface area contributed by atoms with E-state index in [2.05, 4.69) is 22.2 Å². The molecule has 0 unspecified atom stereocenters. The highest BCUT2D eigenvalue weighted by Crippen LogP contribution is 2.05. The second kappa shape index (κ2) is 7.36. The van der Waals surface area contributed by atoms with Crippen molar-refractivity contribution in [3.05, 3.63) is 35.6 Å². The topological polar surface area (TPSA) is 35.6 Å². The highest BCUT2D eigenvalue weighted by atomic mass is 19.1.